The Morgan fingerprint density at radius 2 is 2.00 bits per heavy atom. The third-order valence-corrected chi connectivity index (χ3v) is 5.28. The van der Waals surface area contributed by atoms with Crippen molar-refractivity contribution in [2.45, 2.75) is 31.2 Å². The molecule has 4 rings (SSSR count). The SMILES string of the molecule is COc1cccc([C@@H]2C[C@H](C(F)(F)F)n3ncc(C(=O)NCc4ccccc4)c3N2)c1. The number of aromatic nitrogens is 2. The average molecular weight is 430 g/mol. The standard InChI is InChI=1S/C22H21F3N4O2/c1-31-16-9-5-8-15(10-16)18-11-19(22(23,24)25)29-20(28-18)17(13-27-29)21(30)26-12-14-6-3-2-4-7-14/h2-10,13,18-19,28H,11-12H2,1H3,(H,26,30)/t18-,19+/m0/s1. The molecule has 0 radical (unpaired) electrons. The molecule has 1 amide bonds. The lowest BCUT2D eigenvalue weighted by atomic mass is 9.96. The van der Waals surface area contributed by atoms with E-state index in [-0.39, 0.29) is 24.3 Å². The van der Waals surface area contributed by atoms with Gasteiger partial charge in [-0.15, -0.1) is 0 Å². The summed E-state index contributed by atoms with van der Waals surface area (Å²) in [6.45, 7) is 0.256. The molecule has 0 saturated heterocycles. The maximum atomic E-state index is 13.8. The van der Waals surface area contributed by atoms with E-state index in [2.05, 4.69) is 15.7 Å². The molecule has 0 fully saturated rings. The van der Waals surface area contributed by atoms with Crippen LogP contribution in [0.3, 0.4) is 0 Å². The summed E-state index contributed by atoms with van der Waals surface area (Å²) >= 11 is 0. The molecule has 3 aromatic rings. The van der Waals surface area contributed by atoms with Gasteiger partial charge in [-0.05, 0) is 23.3 Å². The van der Waals surface area contributed by atoms with Gasteiger partial charge < -0.3 is 15.4 Å². The first-order chi connectivity index (χ1) is 14.9. The van der Waals surface area contributed by atoms with E-state index >= 15 is 0 Å². The van der Waals surface area contributed by atoms with Crippen molar-refractivity contribution in [1.29, 1.82) is 0 Å². The van der Waals surface area contributed by atoms with Crippen molar-refractivity contribution in [2.24, 2.45) is 0 Å². The number of nitrogens with zero attached hydrogens (tertiary/aromatic N) is 2. The lowest BCUT2D eigenvalue weighted by Crippen LogP contribution is -2.36. The summed E-state index contributed by atoms with van der Waals surface area (Å²) < 4.78 is 47.5. The molecule has 0 bridgehead atoms. The second-order valence-electron chi connectivity index (χ2n) is 7.29. The molecule has 0 aliphatic carbocycles. The minimum atomic E-state index is -4.52. The molecule has 6 nitrogen and oxygen atoms in total. The molecule has 0 spiro atoms. The number of nitrogens with one attached hydrogen (secondary N) is 2. The van der Waals surface area contributed by atoms with E-state index in [9.17, 15) is 18.0 Å². The average Bonchev–Trinajstić information content (AvgIpc) is 3.21. The zero-order valence-corrected chi connectivity index (χ0v) is 16.7. The zero-order chi connectivity index (χ0) is 22.0. The Bertz CT molecular complexity index is 1070. The van der Waals surface area contributed by atoms with Gasteiger partial charge in [0.2, 0.25) is 0 Å². The van der Waals surface area contributed by atoms with Gasteiger partial charge in [-0.2, -0.15) is 18.3 Å². The molecule has 162 valence electrons. The Hall–Kier alpha value is -3.49. The number of alkyl halides is 3. The fourth-order valence-corrected chi connectivity index (χ4v) is 3.68. The summed E-state index contributed by atoms with van der Waals surface area (Å²) in [4.78, 5) is 12.7. The van der Waals surface area contributed by atoms with Gasteiger partial charge >= 0.3 is 6.18 Å². The molecule has 2 N–H and O–H groups in total. The molecule has 0 unspecified atom stereocenters. The highest BCUT2D eigenvalue weighted by atomic mass is 19.4. The van der Waals surface area contributed by atoms with Gasteiger partial charge in [0.25, 0.3) is 5.91 Å². The monoisotopic (exact) mass is 430 g/mol. The first kappa shape index (κ1) is 20.8. The van der Waals surface area contributed by atoms with E-state index in [1.165, 1.54) is 13.3 Å². The molecule has 2 aromatic carbocycles. The largest absolute Gasteiger partial charge is 0.497 e. The van der Waals surface area contributed by atoms with Crippen LogP contribution in [0.4, 0.5) is 19.0 Å². The Balaban J connectivity index is 1.63. The van der Waals surface area contributed by atoms with Gasteiger partial charge in [0.15, 0.2) is 6.04 Å². The minimum Gasteiger partial charge on any atom is -0.497 e. The number of halogens is 3. The van der Waals surface area contributed by atoms with Crippen LogP contribution in [-0.4, -0.2) is 29.0 Å². The van der Waals surface area contributed by atoms with Crippen LogP contribution in [0.15, 0.2) is 60.8 Å². The van der Waals surface area contributed by atoms with Gasteiger partial charge in [0.1, 0.15) is 17.1 Å². The highest BCUT2D eigenvalue weighted by Crippen LogP contribution is 2.44. The van der Waals surface area contributed by atoms with Crippen molar-refractivity contribution >= 4 is 11.7 Å². The predicted octanol–water partition coefficient (Wildman–Crippen LogP) is 4.48. The van der Waals surface area contributed by atoms with Gasteiger partial charge in [0, 0.05) is 13.0 Å². The first-order valence-corrected chi connectivity index (χ1v) is 9.73. The predicted molar refractivity (Wildman–Crippen MR) is 109 cm³/mol. The fourth-order valence-electron chi connectivity index (χ4n) is 3.68. The Morgan fingerprint density at radius 1 is 1.23 bits per heavy atom. The van der Waals surface area contributed by atoms with Crippen LogP contribution in [0, 0.1) is 0 Å². The smallest absolute Gasteiger partial charge is 0.410 e. The van der Waals surface area contributed by atoms with Crippen molar-refractivity contribution in [3.63, 3.8) is 0 Å². The quantitative estimate of drug-likeness (QED) is 0.626. The number of hydrogen-bond acceptors (Lipinski definition) is 4. The highest BCUT2D eigenvalue weighted by Gasteiger charge is 2.47. The second-order valence-corrected chi connectivity index (χ2v) is 7.29. The van der Waals surface area contributed by atoms with E-state index in [0.29, 0.717) is 11.3 Å². The molecule has 1 aliphatic rings. The van der Waals surface area contributed by atoms with Crippen molar-refractivity contribution < 1.29 is 22.7 Å². The van der Waals surface area contributed by atoms with E-state index in [4.69, 9.17) is 4.74 Å². The van der Waals surface area contributed by atoms with Gasteiger partial charge in [-0.3, -0.25) is 4.79 Å². The normalized spacial score (nSPS) is 18.1. The van der Waals surface area contributed by atoms with E-state index < -0.39 is 24.2 Å². The molecule has 2 heterocycles. The van der Waals surface area contributed by atoms with Crippen molar-refractivity contribution in [2.75, 3.05) is 12.4 Å². The van der Waals surface area contributed by atoms with Gasteiger partial charge in [-0.25, -0.2) is 4.68 Å². The lowest BCUT2D eigenvalue weighted by molar-refractivity contribution is -0.173. The number of rotatable bonds is 5. The summed E-state index contributed by atoms with van der Waals surface area (Å²) in [5.41, 5.74) is 1.58. The number of carbonyl (C=O) groups excluding carboxylic acids is 1. The third kappa shape index (κ3) is 4.35. The summed E-state index contributed by atoms with van der Waals surface area (Å²) in [6, 6.07) is 13.6. The summed E-state index contributed by atoms with van der Waals surface area (Å²) in [5.74, 6) is 0.0968. The number of fused-ring (bicyclic) bond motifs is 1. The van der Waals surface area contributed by atoms with Crippen molar-refractivity contribution in [1.82, 2.24) is 15.1 Å². The van der Waals surface area contributed by atoms with Crippen molar-refractivity contribution in [3.05, 3.63) is 77.5 Å². The number of anilines is 1. The molecular weight excluding hydrogens is 409 g/mol. The molecule has 0 saturated carbocycles. The Morgan fingerprint density at radius 3 is 2.71 bits per heavy atom. The van der Waals surface area contributed by atoms with E-state index in [1.807, 2.05) is 30.3 Å². The number of amides is 1. The number of methoxy groups -OCH3 is 1. The maximum Gasteiger partial charge on any atom is 0.410 e. The van der Waals surface area contributed by atoms with Crippen LogP contribution >= 0.6 is 0 Å². The molecule has 1 aromatic heterocycles. The zero-order valence-electron chi connectivity index (χ0n) is 16.7. The topological polar surface area (TPSA) is 68.2 Å². The fraction of sp³-hybridized carbons (Fsp3) is 0.273. The van der Waals surface area contributed by atoms with Crippen LogP contribution in [0.5, 0.6) is 5.75 Å². The van der Waals surface area contributed by atoms with Crippen LogP contribution in [0.1, 0.15) is 40.0 Å². The molecule has 1 aliphatic heterocycles. The summed E-state index contributed by atoms with van der Waals surface area (Å²) in [7, 11) is 1.50. The molecule has 2 atom stereocenters. The third-order valence-electron chi connectivity index (χ3n) is 5.28. The maximum absolute atomic E-state index is 13.8. The van der Waals surface area contributed by atoms with E-state index in [1.54, 1.807) is 24.3 Å². The van der Waals surface area contributed by atoms with Crippen LogP contribution in [0.2, 0.25) is 0 Å². The summed E-state index contributed by atoms with van der Waals surface area (Å²) in [5, 5.41) is 9.71. The van der Waals surface area contributed by atoms with Crippen molar-refractivity contribution in [3.8, 4) is 5.75 Å². The van der Waals surface area contributed by atoms with E-state index in [0.717, 1.165) is 10.2 Å². The second kappa shape index (κ2) is 8.33. The minimum absolute atomic E-state index is 0.0481. The molecule has 9 heteroatoms. The summed E-state index contributed by atoms with van der Waals surface area (Å²) in [6.07, 6.45) is -3.59. The van der Waals surface area contributed by atoms with Gasteiger partial charge in [0.05, 0.1) is 19.3 Å². The Kier molecular flexibility index (Phi) is 5.58. The molecular formula is C22H21F3N4O2. The van der Waals surface area contributed by atoms with Gasteiger partial charge in [-0.1, -0.05) is 42.5 Å². The molecule has 31 heavy (non-hydrogen) atoms. The van der Waals surface area contributed by atoms with Crippen LogP contribution in [-0.2, 0) is 6.54 Å². The lowest BCUT2D eigenvalue weighted by Gasteiger charge is -2.34. The number of ether oxygens (including phenoxy) is 1. The van der Waals surface area contributed by atoms with Crippen LogP contribution in [0.25, 0.3) is 0 Å². The number of hydrogen-bond donors (Lipinski definition) is 2. The Labute approximate surface area is 177 Å². The first-order valence-electron chi connectivity index (χ1n) is 9.73. The van der Waals surface area contributed by atoms with Crippen LogP contribution < -0.4 is 15.4 Å². The highest BCUT2D eigenvalue weighted by molar-refractivity contribution is 5.98. The number of carbonyl (C=O) groups is 1. The number of benzene rings is 2.